The lowest BCUT2D eigenvalue weighted by Crippen LogP contribution is -2.31. The van der Waals surface area contributed by atoms with Gasteiger partial charge in [0.25, 0.3) is 5.91 Å². The molecule has 3 aromatic rings. The molecule has 36 heavy (non-hydrogen) atoms. The number of aliphatic hydroxyl groups is 1. The van der Waals surface area contributed by atoms with E-state index in [0.717, 1.165) is 5.56 Å². The first-order valence-corrected chi connectivity index (χ1v) is 10.9. The molecule has 1 atom stereocenters. The number of anilines is 1. The molecule has 8 heteroatoms. The fraction of sp³-hybridized carbons (Fsp3) is 0.107. The molecule has 182 valence electrons. The third-order valence-electron chi connectivity index (χ3n) is 5.80. The lowest BCUT2D eigenvalue weighted by Gasteiger charge is -2.28. The van der Waals surface area contributed by atoms with Gasteiger partial charge >= 0.3 is 5.97 Å². The molecule has 0 radical (unpaired) electrons. The molecule has 0 aromatic heterocycles. The maximum absolute atomic E-state index is 13.4. The normalized spacial score (nSPS) is 15.4. The van der Waals surface area contributed by atoms with Gasteiger partial charge in [-0.2, -0.15) is 0 Å². The van der Waals surface area contributed by atoms with Crippen LogP contribution in [0.1, 0.15) is 27.5 Å². The van der Waals surface area contributed by atoms with Gasteiger partial charge < -0.3 is 19.7 Å². The number of ketones is 1. The number of benzene rings is 3. The highest BCUT2D eigenvalue weighted by molar-refractivity contribution is 6.20. The van der Waals surface area contributed by atoms with Gasteiger partial charge in [-0.3, -0.25) is 14.5 Å². The number of carboxylic acids is 1. The highest BCUT2D eigenvalue weighted by Gasteiger charge is 2.45. The Labute approximate surface area is 207 Å². The molecule has 0 aliphatic carbocycles. The molecule has 0 spiro atoms. The Bertz CT molecular complexity index is 1390. The maximum atomic E-state index is 13.4. The number of amides is 1. The Balaban J connectivity index is 1.89. The highest BCUT2D eigenvalue weighted by Crippen LogP contribution is 2.45. The van der Waals surface area contributed by atoms with Crippen LogP contribution in [-0.4, -0.2) is 42.1 Å². The second-order valence-electron chi connectivity index (χ2n) is 7.91. The van der Waals surface area contributed by atoms with E-state index in [1.54, 1.807) is 24.3 Å². The van der Waals surface area contributed by atoms with Crippen molar-refractivity contribution in [3.63, 3.8) is 0 Å². The number of carbonyl (C=O) groups excluding carboxylic acids is 2. The molecule has 8 nitrogen and oxygen atoms in total. The van der Waals surface area contributed by atoms with Gasteiger partial charge in [0.05, 0.1) is 31.4 Å². The lowest BCUT2D eigenvalue weighted by molar-refractivity contribution is -0.117. The summed E-state index contributed by atoms with van der Waals surface area (Å²) in [5, 5.41) is 20.4. The molecule has 0 saturated heterocycles. The number of carboxylic acid groups (broad SMARTS) is 1. The van der Waals surface area contributed by atoms with Crippen molar-refractivity contribution in [1.29, 1.82) is 0 Å². The van der Waals surface area contributed by atoms with Crippen molar-refractivity contribution in [2.75, 3.05) is 19.1 Å². The van der Waals surface area contributed by atoms with Crippen LogP contribution in [0.3, 0.4) is 0 Å². The van der Waals surface area contributed by atoms with Crippen molar-refractivity contribution in [2.24, 2.45) is 0 Å². The number of nitrogens with zero attached hydrogens (tertiary/aromatic N) is 1. The van der Waals surface area contributed by atoms with Crippen molar-refractivity contribution in [2.45, 2.75) is 6.04 Å². The van der Waals surface area contributed by atoms with Gasteiger partial charge in [-0.1, -0.05) is 42.5 Å². The summed E-state index contributed by atoms with van der Waals surface area (Å²) in [7, 11) is 2.92. The van der Waals surface area contributed by atoms with Crippen molar-refractivity contribution < 1.29 is 34.1 Å². The summed E-state index contributed by atoms with van der Waals surface area (Å²) in [4.78, 5) is 39.5. The summed E-state index contributed by atoms with van der Waals surface area (Å²) < 4.78 is 10.9. The van der Waals surface area contributed by atoms with Crippen molar-refractivity contribution in [3.05, 3.63) is 107 Å². The Hall–Kier alpha value is -4.85. The fourth-order valence-corrected chi connectivity index (χ4v) is 4.09. The number of allylic oxidation sites excluding steroid dienone is 1. The molecule has 1 heterocycles. The second-order valence-corrected chi connectivity index (χ2v) is 7.91. The Kier molecular flexibility index (Phi) is 6.87. The molecule has 3 aromatic carbocycles. The standard InChI is InChI=1S/C28H23NO7/c1-35-20-12-14-23(36-2)21(16-20)25-24(22(30)13-11-17-7-4-3-5-8-17)26(31)27(32)29(25)19-10-6-9-18(15-19)28(33)34/h3-16,25,31H,1-2H3,(H,33,34). The van der Waals surface area contributed by atoms with Crippen LogP contribution in [0.25, 0.3) is 6.08 Å². The van der Waals surface area contributed by atoms with Crippen LogP contribution in [0.4, 0.5) is 5.69 Å². The first-order chi connectivity index (χ1) is 17.3. The average Bonchev–Trinajstić information content (AvgIpc) is 3.17. The third-order valence-corrected chi connectivity index (χ3v) is 5.80. The smallest absolute Gasteiger partial charge is 0.335 e. The van der Waals surface area contributed by atoms with E-state index in [1.807, 2.05) is 30.3 Å². The molecule has 1 aliphatic rings. The molecule has 2 N–H and O–H groups in total. The molecule has 4 rings (SSSR count). The SMILES string of the molecule is COc1ccc(OC)c(C2C(C(=O)C=Cc3ccccc3)=C(O)C(=O)N2c2cccc(C(=O)O)c2)c1. The van der Waals surface area contributed by atoms with Gasteiger partial charge in [-0.25, -0.2) is 4.79 Å². The van der Waals surface area contributed by atoms with Gasteiger partial charge in [0, 0.05) is 11.3 Å². The average molecular weight is 485 g/mol. The van der Waals surface area contributed by atoms with E-state index < -0.39 is 29.5 Å². The number of hydrogen-bond acceptors (Lipinski definition) is 6. The van der Waals surface area contributed by atoms with Crippen LogP contribution < -0.4 is 14.4 Å². The van der Waals surface area contributed by atoms with E-state index in [1.165, 1.54) is 49.5 Å². The first kappa shape index (κ1) is 24.3. The van der Waals surface area contributed by atoms with E-state index in [4.69, 9.17) is 9.47 Å². The minimum Gasteiger partial charge on any atom is -0.503 e. The van der Waals surface area contributed by atoms with E-state index in [2.05, 4.69) is 0 Å². The van der Waals surface area contributed by atoms with Gasteiger partial charge in [-0.05, 0) is 48.0 Å². The summed E-state index contributed by atoms with van der Waals surface area (Å²) >= 11 is 0. The number of carbonyl (C=O) groups is 3. The molecule has 1 aliphatic heterocycles. The lowest BCUT2D eigenvalue weighted by atomic mass is 9.94. The topological polar surface area (TPSA) is 113 Å². The van der Waals surface area contributed by atoms with Gasteiger partial charge in [0.1, 0.15) is 11.5 Å². The number of ether oxygens (including phenoxy) is 2. The van der Waals surface area contributed by atoms with Gasteiger partial charge in [-0.15, -0.1) is 0 Å². The summed E-state index contributed by atoms with van der Waals surface area (Å²) in [6.07, 6.45) is 2.87. The summed E-state index contributed by atoms with van der Waals surface area (Å²) in [5.74, 6) is -2.55. The Morgan fingerprint density at radius 2 is 1.69 bits per heavy atom. The van der Waals surface area contributed by atoms with Gasteiger partial charge in [0.15, 0.2) is 11.5 Å². The minimum absolute atomic E-state index is 0.0557. The monoisotopic (exact) mass is 485 g/mol. The molecular weight excluding hydrogens is 462 g/mol. The number of aliphatic hydroxyl groups excluding tert-OH is 1. The zero-order valence-electron chi connectivity index (χ0n) is 19.5. The van der Waals surface area contributed by atoms with Crippen LogP contribution >= 0.6 is 0 Å². The number of aromatic carboxylic acids is 1. The van der Waals surface area contributed by atoms with E-state index in [9.17, 15) is 24.6 Å². The first-order valence-electron chi connectivity index (χ1n) is 10.9. The van der Waals surface area contributed by atoms with Crippen molar-refractivity contribution in [3.8, 4) is 11.5 Å². The van der Waals surface area contributed by atoms with Crippen LogP contribution in [0, 0.1) is 0 Å². The van der Waals surface area contributed by atoms with Crippen LogP contribution in [0.5, 0.6) is 11.5 Å². The zero-order valence-corrected chi connectivity index (χ0v) is 19.5. The number of methoxy groups -OCH3 is 2. The molecular formula is C28H23NO7. The molecule has 0 fully saturated rings. The fourth-order valence-electron chi connectivity index (χ4n) is 4.09. The highest BCUT2D eigenvalue weighted by atomic mass is 16.5. The molecule has 1 unspecified atom stereocenters. The number of hydrogen-bond donors (Lipinski definition) is 2. The largest absolute Gasteiger partial charge is 0.503 e. The van der Waals surface area contributed by atoms with Crippen LogP contribution in [0.2, 0.25) is 0 Å². The zero-order chi connectivity index (χ0) is 25.8. The van der Waals surface area contributed by atoms with Crippen molar-refractivity contribution >= 4 is 29.4 Å². The predicted octanol–water partition coefficient (Wildman–Crippen LogP) is 4.58. The third kappa shape index (κ3) is 4.56. The molecule has 0 saturated carbocycles. The summed E-state index contributed by atoms with van der Waals surface area (Å²) in [6, 6.07) is 18.6. The quantitative estimate of drug-likeness (QED) is 0.449. The predicted molar refractivity (Wildman–Crippen MR) is 133 cm³/mol. The summed E-state index contributed by atoms with van der Waals surface area (Å²) in [6.45, 7) is 0. The number of rotatable bonds is 8. The Morgan fingerprint density at radius 3 is 2.36 bits per heavy atom. The van der Waals surface area contributed by atoms with Crippen molar-refractivity contribution in [1.82, 2.24) is 0 Å². The van der Waals surface area contributed by atoms with Crippen LogP contribution in [-0.2, 0) is 9.59 Å². The van der Waals surface area contributed by atoms with Gasteiger partial charge in [0.2, 0.25) is 0 Å². The van der Waals surface area contributed by atoms with E-state index in [0.29, 0.717) is 17.1 Å². The molecule has 1 amide bonds. The summed E-state index contributed by atoms with van der Waals surface area (Å²) in [5.41, 5.74) is 1.11. The maximum Gasteiger partial charge on any atom is 0.335 e. The van der Waals surface area contributed by atoms with Crippen LogP contribution in [0.15, 0.2) is 90.2 Å². The minimum atomic E-state index is -1.18. The van der Waals surface area contributed by atoms with E-state index >= 15 is 0 Å². The van der Waals surface area contributed by atoms with E-state index in [-0.39, 0.29) is 16.8 Å². The second kappa shape index (κ2) is 10.2. The Morgan fingerprint density at radius 1 is 0.944 bits per heavy atom. The molecule has 0 bridgehead atoms.